The minimum Gasteiger partial charge on any atom is -0.493 e. The second-order valence-electron chi connectivity index (χ2n) is 6.17. The van der Waals surface area contributed by atoms with Gasteiger partial charge in [-0.25, -0.2) is 0 Å². The van der Waals surface area contributed by atoms with E-state index in [2.05, 4.69) is 5.32 Å². The summed E-state index contributed by atoms with van der Waals surface area (Å²) in [5, 5.41) is 9.68. The summed E-state index contributed by atoms with van der Waals surface area (Å²) in [6.07, 6.45) is 1.54. The molecule has 3 aromatic rings. The Morgan fingerprint density at radius 3 is 2.42 bits per heavy atom. The van der Waals surface area contributed by atoms with Gasteiger partial charge in [-0.3, -0.25) is 9.59 Å². The van der Waals surface area contributed by atoms with Gasteiger partial charge in [-0.05, 0) is 29.3 Å². The van der Waals surface area contributed by atoms with Crippen LogP contribution in [0.15, 0.2) is 65.3 Å². The molecule has 1 amide bonds. The van der Waals surface area contributed by atoms with Gasteiger partial charge < -0.3 is 29.1 Å². The summed E-state index contributed by atoms with van der Waals surface area (Å²) in [6.45, 7) is 1.09. The molecule has 0 saturated carbocycles. The quantitative estimate of drug-likeness (QED) is 0.397. The van der Waals surface area contributed by atoms with Gasteiger partial charge in [0, 0.05) is 12.1 Å². The van der Waals surface area contributed by atoms with Gasteiger partial charge in [0.05, 0.1) is 33.7 Å². The standard InChI is InChI=1S/C22H23NO5.CH2O2/c1-25-19-9-8-17(12-20(19)26-2)18-13-21(28-15-18)22(24)23-10-11-27-14-16-6-4-3-5-7-16;2-1-3/h3-9,12-13,15H,10-11,14H2,1-2H3,(H,23,24);1H,(H,2,3). The minimum absolute atomic E-state index is 0.243. The molecule has 2 aromatic carbocycles. The molecular formula is C23H25NO7. The number of carbonyl (C=O) groups is 2. The van der Waals surface area contributed by atoms with E-state index >= 15 is 0 Å². The highest BCUT2D eigenvalue weighted by atomic mass is 16.5. The molecule has 0 fully saturated rings. The molecule has 0 aliphatic carbocycles. The first-order valence-corrected chi connectivity index (χ1v) is 9.41. The van der Waals surface area contributed by atoms with E-state index in [1.54, 1.807) is 26.5 Å². The first kappa shape index (κ1) is 23.5. The van der Waals surface area contributed by atoms with E-state index in [1.165, 1.54) is 0 Å². The van der Waals surface area contributed by atoms with E-state index in [1.807, 2.05) is 48.5 Å². The first-order valence-electron chi connectivity index (χ1n) is 9.41. The van der Waals surface area contributed by atoms with Crippen LogP contribution in [-0.2, 0) is 16.1 Å². The average Bonchev–Trinajstić information content (AvgIpc) is 3.30. The molecule has 0 aliphatic rings. The van der Waals surface area contributed by atoms with E-state index in [9.17, 15) is 4.79 Å². The predicted molar refractivity (Wildman–Crippen MR) is 114 cm³/mol. The molecule has 1 aromatic heterocycles. The molecule has 0 unspecified atom stereocenters. The lowest BCUT2D eigenvalue weighted by molar-refractivity contribution is -0.122. The van der Waals surface area contributed by atoms with Crippen LogP contribution < -0.4 is 14.8 Å². The highest BCUT2D eigenvalue weighted by Crippen LogP contribution is 2.32. The van der Waals surface area contributed by atoms with Gasteiger partial charge in [-0.1, -0.05) is 36.4 Å². The lowest BCUT2D eigenvalue weighted by Crippen LogP contribution is -2.26. The van der Waals surface area contributed by atoms with Gasteiger partial charge in [0.25, 0.3) is 12.4 Å². The van der Waals surface area contributed by atoms with Gasteiger partial charge in [-0.15, -0.1) is 0 Å². The van der Waals surface area contributed by atoms with Gasteiger partial charge >= 0.3 is 0 Å². The van der Waals surface area contributed by atoms with Crippen LogP contribution in [0.25, 0.3) is 11.1 Å². The van der Waals surface area contributed by atoms with Crippen LogP contribution in [0.4, 0.5) is 0 Å². The van der Waals surface area contributed by atoms with E-state index in [0.29, 0.717) is 31.3 Å². The molecule has 0 saturated heterocycles. The second-order valence-corrected chi connectivity index (χ2v) is 6.17. The number of methoxy groups -OCH3 is 2. The Kier molecular flexibility index (Phi) is 9.64. The van der Waals surface area contributed by atoms with Crippen molar-refractivity contribution in [2.24, 2.45) is 0 Å². The Morgan fingerprint density at radius 1 is 1.03 bits per heavy atom. The van der Waals surface area contributed by atoms with Crippen LogP contribution in [0, 0.1) is 0 Å². The Hall–Kier alpha value is -3.78. The Labute approximate surface area is 180 Å². The highest BCUT2D eigenvalue weighted by Gasteiger charge is 2.13. The third kappa shape index (κ3) is 7.20. The molecule has 0 radical (unpaired) electrons. The number of furan rings is 1. The summed E-state index contributed by atoms with van der Waals surface area (Å²) >= 11 is 0. The summed E-state index contributed by atoms with van der Waals surface area (Å²) < 4.78 is 21.5. The maximum atomic E-state index is 12.2. The fourth-order valence-corrected chi connectivity index (χ4v) is 2.71. The van der Waals surface area contributed by atoms with Gasteiger partial charge in [0.2, 0.25) is 0 Å². The third-order valence-corrected chi connectivity index (χ3v) is 4.18. The van der Waals surface area contributed by atoms with Crippen molar-refractivity contribution >= 4 is 12.4 Å². The fraction of sp³-hybridized carbons (Fsp3) is 0.217. The lowest BCUT2D eigenvalue weighted by atomic mass is 10.1. The zero-order chi connectivity index (χ0) is 22.5. The van der Waals surface area contributed by atoms with Gasteiger partial charge in [-0.2, -0.15) is 0 Å². The van der Waals surface area contributed by atoms with Crippen LogP contribution in [0.3, 0.4) is 0 Å². The molecule has 2 N–H and O–H groups in total. The molecule has 8 nitrogen and oxygen atoms in total. The Morgan fingerprint density at radius 2 is 1.74 bits per heavy atom. The summed E-state index contributed by atoms with van der Waals surface area (Å²) in [4.78, 5) is 20.6. The summed E-state index contributed by atoms with van der Waals surface area (Å²) in [7, 11) is 3.16. The number of hydrogen-bond donors (Lipinski definition) is 2. The first-order chi connectivity index (χ1) is 15.1. The van der Waals surface area contributed by atoms with E-state index in [-0.39, 0.29) is 18.1 Å². The van der Waals surface area contributed by atoms with Crippen molar-refractivity contribution in [2.75, 3.05) is 27.4 Å². The summed E-state index contributed by atoms with van der Waals surface area (Å²) in [5.41, 5.74) is 2.75. The van der Waals surface area contributed by atoms with E-state index in [4.69, 9.17) is 28.5 Å². The van der Waals surface area contributed by atoms with Crippen LogP contribution >= 0.6 is 0 Å². The van der Waals surface area contributed by atoms with E-state index in [0.717, 1.165) is 16.7 Å². The largest absolute Gasteiger partial charge is 0.493 e. The Bertz CT molecular complexity index is 954. The fourth-order valence-electron chi connectivity index (χ4n) is 2.71. The Balaban J connectivity index is 0.00000107. The van der Waals surface area contributed by atoms with Crippen molar-refractivity contribution in [1.29, 1.82) is 0 Å². The number of rotatable bonds is 9. The average molecular weight is 427 g/mol. The lowest BCUT2D eigenvalue weighted by Gasteiger charge is -2.08. The van der Waals surface area contributed by atoms with Crippen molar-refractivity contribution in [3.05, 3.63) is 72.2 Å². The van der Waals surface area contributed by atoms with Crippen LogP contribution in [0.5, 0.6) is 11.5 Å². The zero-order valence-corrected chi connectivity index (χ0v) is 17.4. The molecule has 31 heavy (non-hydrogen) atoms. The van der Waals surface area contributed by atoms with Gasteiger partial charge in [0.15, 0.2) is 17.3 Å². The number of benzene rings is 2. The topological polar surface area (TPSA) is 107 Å². The maximum Gasteiger partial charge on any atom is 0.290 e. The number of carbonyl (C=O) groups excluding carboxylic acids is 1. The second kappa shape index (κ2) is 12.7. The van der Waals surface area contributed by atoms with Crippen molar-refractivity contribution < 1.29 is 33.3 Å². The van der Waals surface area contributed by atoms with Crippen LogP contribution in [0.2, 0.25) is 0 Å². The molecule has 0 spiro atoms. The summed E-state index contributed by atoms with van der Waals surface area (Å²) in [5.74, 6) is 1.22. The van der Waals surface area contributed by atoms with Crippen molar-refractivity contribution in [3.8, 4) is 22.6 Å². The van der Waals surface area contributed by atoms with Crippen LogP contribution in [-0.4, -0.2) is 44.9 Å². The maximum absolute atomic E-state index is 12.2. The van der Waals surface area contributed by atoms with Crippen molar-refractivity contribution in [1.82, 2.24) is 5.32 Å². The predicted octanol–water partition coefficient (Wildman–Crippen LogP) is 3.61. The number of amides is 1. The normalized spacial score (nSPS) is 9.87. The molecule has 164 valence electrons. The zero-order valence-electron chi connectivity index (χ0n) is 17.4. The number of hydrogen-bond acceptors (Lipinski definition) is 6. The van der Waals surface area contributed by atoms with Crippen molar-refractivity contribution in [2.45, 2.75) is 6.61 Å². The number of carboxylic acid groups (broad SMARTS) is 1. The third-order valence-electron chi connectivity index (χ3n) is 4.18. The number of ether oxygens (including phenoxy) is 3. The molecule has 0 bridgehead atoms. The monoisotopic (exact) mass is 427 g/mol. The SMILES string of the molecule is COc1ccc(-c2coc(C(=O)NCCOCc3ccccc3)c2)cc1OC.O=CO. The molecule has 0 aliphatic heterocycles. The molecular weight excluding hydrogens is 402 g/mol. The van der Waals surface area contributed by atoms with Gasteiger partial charge in [0.1, 0.15) is 0 Å². The van der Waals surface area contributed by atoms with Crippen LogP contribution in [0.1, 0.15) is 16.1 Å². The molecule has 0 atom stereocenters. The van der Waals surface area contributed by atoms with Crippen molar-refractivity contribution in [3.63, 3.8) is 0 Å². The molecule has 1 heterocycles. The molecule has 8 heteroatoms. The number of nitrogens with one attached hydrogen (secondary N) is 1. The van der Waals surface area contributed by atoms with E-state index < -0.39 is 0 Å². The highest BCUT2D eigenvalue weighted by molar-refractivity contribution is 5.92. The minimum atomic E-state index is -0.282. The smallest absolute Gasteiger partial charge is 0.290 e. The molecule has 3 rings (SSSR count). The summed E-state index contributed by atoms with van der Waals surface area (Å²) in [6, 6.07) is 17.1.